The monoisotopic (exact) mass is 644 g/mol. The number of aryl methyl sites for hydroxylation is 1. The molecule has 0 unspecified atom stereocenters. The van der Waals surface area contributed by atoms with Crippen molar-refractivity contribution in [2.75, 3.05) is 14.2 Å². The first-order valence-corrected chi connectivity index (χ1v) is 15.2. The molecular formula is C36H31F3N2O6. The zero-order valence-electron chi connectivity index (χ0n) is 25.8. The van der Waals surface area contributed by atoms with E-state index in [1.165, 1.54) is 26.4 Å². The normalized spacial score (nSPS) is 14.3. The average Bonchev–Trinajstić information content (AvgIpc) is 3.61. The van der Waals surface area contributed by atoms with E-state index in [0.29, 0.717) is 64.4 Å². The molecule has 0 atom stereocenters. The highest BCUT2D eigenvalue weighted by Gasteiger charge is 2.34. The second-order valence-electron chi connectivity index (χ2n) is 11.5. The number of nitrogens with zero attached hydrogens (tertiary/aromatic N) is 1. The Morgan fingerprint density at radius 2 is 1.38 bits per heavy atom. The van der Waals surface area contributed by atoms with Gasteiger partial charge in [-0.15, -0.1) is 0 Å². The van der Waals surface area contributed by atoms with Crippen LogP contribution in [0.5, 0.6) is 0 Å². The quantitative estimate of drug-likeness (QED) is 0.203. The van der Waals surface area contributed by atoms with Crippen molar-refractivity contribution in [2.24, 2.45) is 0 Å². The number of nitrogens with one attached hydrogen (secondary N) is 1. The lowest BCUT2D eigenvalue weighted by atomic mass is 9.92. The van der Waals surface area contributed by atoms with Gasteiger partial charge in [-0.1, -0.05) is 30.3 Å². The molecule has 0 saturated heterocycles. The van der Waals surface area contributed by atoms with Crippen LogP contribution in [0.15, 0.2) is 60.7 Å². The first-order valence-electron chi connectivity index (χ1n) is 15.2. The number of alkyl halides is 3. The molecule has 1 N–H and O–H groups in total. The number of fused-ring (bicyclic) bond motifs is 6. The number of Topliss-reactive ketones (excluding diaryl/α,β-unsaturated/α-hetero) is 2. The molecule has 2 aliphatic rings. The van der Waals surface area contributed by atoms with Crippen LogP contribution in [0, 0.1) is 0 Å². The molecule has 3 aromatic carbocycles. The van der Waals surface area contributed by atoms with Crippen LogP contribution in [0.25, 0.3) is 21.8 Å². The number of H-pyrrole nitrogens is 1. The summed E-state index contributed by atoms with van der Waals surface area (Å²) >= 11 is 0. The summed E-state index contributed by atoms with van der Waals surface area (Å²) in [5.41, 5.74) is 4.23. The minimum absolute atomic E-state index is 0.0422. The van der Waals surface area contributed by atoms with Crippen molar-refractivity contribution in [3.63, 3.8) is 0 Å². The lowest BCUT2D eigenvalue weighted by Gasteiger charge is -2.18. The highest BCUT2D eigenvalue weighted by atomic mass is 19.4. The first kappa shape index (κ1) is 31.8. The number of aromatic nitrogens is 2. The smallest absolute Gasteiger partial charge is 0.416 e. The lowest BCUT2D eigenvalue weighted by molar-refractivity contribution is -0.138. The van der Waals surface area contributed by atoms with E-state index in [4.69, 9.17) is 9.47 Å². The zero-order chi connectivity index (χ0) is 33.5. The largest absolute Gasteiger partial charge is 0.465 e. The molecule has 242 valence electrons. The fourth-order valence-electron chi connectivity index (χ4n) is 6.75. The number of carbonyl (C=O) groups is 4. The standard InChI is InChI=1S/C22H18F3NO3.C14H13NO3/c1-29-21(28)14-7-4-9-16-19(14)20-17(10-5-11-18(20)27)26(16)12-13-6-2-3-8-15(13)22(23,24)25;1-18-14(17)8-4-2-5-9-12(8)13-10(15-9)6-3-7-11(13)16/h2-4,6-9H,5,10-12H2,1H3;2,4-5,15H,3,6-7H2,1H3. The van der Waals surface area contributed by atoms with E-state index < -0.39 is 23.7 Å². The molecule has 5 aromatic rings. The molecular weight excluding hydrogens is 613 g/mol. The van der Waals surface area contributed by atoms with Crippen molar-refractivity contribution in [2.45, 2.75) is 51.2 Å². The van der Waals surface area contributed by atoms with Gasteiger partial charge >= 0.3 is 18.1 Å². The van der Waals surface area contributed by atoms with E-state index in [-0.39, 0.29) is 29.2 Å². The summed E-state index contributed by atoms with van der Waals surface area (Å²) in [5, 5.41) is 1.17. The summed E-state index contributed by atoms with van der Waals surface area (Å²) in [6.45, 7) is -0.0422. The average molecular weight is 645 g/mol. The van der Waals surface area contributed by atoms with Gasteiger partial charge in [0.25, 0.3) is 0 Å². The van der Waals surface area contributed by atoms with Gasteiger partial charge < -0.3 is 19.0 Å². The fraction of sp³-hybridized carbons (Fsp3) is 0.278. The topological polar surface area (TPSA) is 107 Å². The van der Waals surface area contributed by atoms with Crippen molar-refractivity contribution in [1.82, 2.24) is 9.55 Å². The highest BCUT2D eigenvalue weighted by molar-refractivity contribution is 6.17. The van der Waals surface area contributed by atoms with Gasteiger partial charge in [0.05, 0.1) is 36.4 Å². The molecule has 2 aliphatic carbocycles. The number of halogens is 3. The van der Waals surface area contributed by atoms with Crippen molar-refractivity contribution in [3.8, 4) is 0 Å². The second kappa shape index (κ2) is 12.5. The second-order valence-corrected chi connectivity index (χ2v) is 11.5. The molecule has 47 heavy (non-hydrogen) atoms. The maximum atomic E-state index is 13.5. The number of methoxy groups -OCH3 is 2. The Morgan fingerprint density at radius 3 is 2.06 bits per heavy atom. The predicted octanol–water partition coefficient (Wildman–Crippen LogP) is 7.49. The van der Waals surface area contributed by atoms with Gasteiger partial charge in [0.1, 0.15) is 0 Å². The Bertz CT molecular complexity index is 2070. The summed E-state index contributed by atoms with van der Waals surface area (Å²) in [6, 6.07) is 15.7. The number of carbonyl (C=O) groups excluding carboxylic acids is 4. The van der Waals surface area contributed by atoms with Crippen molar-refractivity contribution < 1.29 is 41.8 Å². The van der Waals surface area contributed by atoms with Gasteiger partial charge in [0.15, 0.2) is 11.6 Å². The number of ether oxygens (including phenoxy) is 2. The van der Waals surface area contributed by atoms with E-state index in [2.05, 4.69) is 4.98 Å². The summed E-state index contributed by atoms with van der Waals surface area (Å²) in [6.07, 6.45) is -0.674. The van der Waals surface area contributed by atoms with Gasteiger partial charge in [0, 0.05) is 58.2 Å². The molecule has 11 heteroatoms. The molecule has 0 saturated carbocycles. The number of ketones is 2. The van der Waals surface area contributed by atoms with Gasteiger partial charge in [-0.05, 0) is 61.6 Å². The van der Waals surface area contributed by atoms with Crippen LogP contribution in [0.3, 0.4) is 0 Å². The van der Waals surface area contributed by atoms with Crippen LogP contribution < -0.4 is 0 Å². The molecule has 0 fully saturated rings. The molecule has 8 nitrogen and oxygen atoms in total. The summed E-state index contributed by atoms with van der Waals surface area (Å²) < 4.78 is 51.8. The first-order chi connectivity index (χ1) is 22.5. The Balaban J connectivity index is 0.000000183. The van der Waals surface area contributed by atoms with Crippen molar-refractivity contribution in [3.05, 3.63) is 105 Å². The Labute approximate surface area is 267 Å². The van der Waals surface area contributed by atoms with Crippen LogP contribution in [0.1, 0.15) is 89.6 Å². The zero-order valence-corrected chi connectivity index (χ0v) is 25.8. The van der Waals surface area contributed by atoms with E-state index >= 15 is 0 Å². The number of benzene rings is 3. The maximum Gasteiger partial charge on any atom is 0.416 e. The number of rotatable bonds is 4. The third-order valence-electron chi connectivity index (χ3n) is 8.77. The molecule has 0 aliphatic heterocycles. The molecule has 2 aromatic heterocycles. The van der Waals surface area contributed by atoms with Gasteiger partial charge in [-0.3, -0.25) is 9.59 Å². The third-order valence-corrected chi connectivity index (χ3v) is 8.77. The molecule has 7 rings (SSSR count). The Hall–Kier alpha value is -5.19. The fourth-order valence-corrected chi connectivity index (χ4v) is 6.75. The summed E-state index contributed by atoms with van der Waals surface area (Å²) in [5.74, 6) is -0.972. The highest BCUT2D eigenvalue weighted by Crippen LogP contribution is 2.38. The molecule has 0 amide bonds. The molecule has 2 heterocycles. The Kier molecular flexibility index (Phi) is 8.48. The summed E-state index contributed by atoms with van der Waals surface area (Å²) in [7, 11) is 2.61. The molecule has 0 bridgehead atoms. The Morgan fingerprint density at radius 1 is 0.766 bits per heavy atom. The number of hydrogen-bond donors (Lipinski definition) is 1. The number of esters is 2. The molecule has 0 spiro atoms. The van der Waals surface area contributed by atoms with Crippen LogP contribution in [-0.4, -0.2) is 47.3 Å². The number of hydrogen-bond acceptors (Lipinski definition) is 6. The summed E-state index contributed by atoms with van der Waals surface area (Å²) in [4.78, 5) is 52.0. The third kappa shape index (κ3) is 5.70. The lowest BCUT2D eigenvalue weighted by Crippen LogP contribution is -2.16. The minimum atomic E-state index is -4.48. The van der Waals surface area contributed by atoms with Crippen LogP contribution >= 0.6 is 0 Å². The van der Waals surface area contributed by atoms with Gasteiger partial charge in [0.2, 0.25) is 0 Å². The number of aromatic amines is 1. The minimum Gasteiger partial charge on any atom is -0.465 e. The van der Waals surface area contributed by atoms with Gasteiger partial charge in [-0.2, -0.15) is 13.2 Å². The SMILES string of the molecule is COC(=O)c1cccc2[nH]c3c(c12)C(=O)CCC3.COC(=O)c1cccc2c1c1c(n2Cc2ccccc2C(F)(F)F)CCCC1=O. The molecule has 0 radical (unpaired) electrons. The van der Waals surface area contributed by atoms with E-state index in [1.54, 1.807) is 41.0 Å². The van der Waals surface area contributed by atoms with E-state index in [0.717, 1.165) is 30.1 Å². The van der Waals surface area contributed by atoms with Crippen molar-refractivity contribution in [1.29, 1.82) is 0 Å². The van der Waals surface area contributed by atoms with E-state index in [1.807, 2.05) is 6.07 Å². The van der Waals surface area contributed by atoms with Crippen LogP contribution in [0.2, 0.25) is 0 Å². The van der Waals surface area contributed by atoms with E-state index in [9.17, 15) is 32.3 Å². The van der Waals surface area contributed by atoms with Crippen LogP contribution in [0.4, 0.5) is 13.2 Å². The van der Waals surface area contributed by atoms with Crippen molar-refractivity contribution >= 4 is 45.3 Å². The van der Waals surface area contributed by atoms with Crippen LogP contribution in [-0.2, 0) is 35.0 Å². The maximum absolute atomic E-state index is 13.5. The van der Waals surface area contributed by atoms with Gasteiger partial charge in [-0.25, -0.2) is 9.59 Å². The predicted molar refractivity (Wildman–Crippen MR) is 168 cm³/mol.